The summed E-state index contributed by atoms with van der Waals surface area (Å²) in [6, 6.07) is 3.71. The number of hydrogen-bond acceptors (Lipinski definition) is 3. The SMILES string of the molecule is N=C1C=Cc2c(N)cc3cc(N)[nH]c3c21. The molecule has 4 nitrogen and oxygen atoms in total. The Morgan fingerprint density at radius 1 is 1.13 bits per heavy atom. The van der Waals surface area contributed by atoms with Crippen LogP contribution in [0.15, 0.2) is 18.2 Å². The predicted molar refractivity (Wildman–Crippen MR) is 63.0 cm³/mol. The van der Waals surface area contributed by atoms with Crippen molar-refractivity contribution in [3.8, 4) is 0 Å². The summed E-state index contributed by atoms with van der Waals surface area (Å²) in [5.41, 5.74) is 15.4. The fourth-order valence-corrected chi connectivity index (χ4v) is 2.05. The average molecular weight is 198 g/mol. The highest BCUT2D eigenvalue weighted by atomic mass is 14.8. The fourth-order valence-electron chi connectivity index (χ4n) is 2.05. The van der Waals surface area contributed by atoms with Crippen LogP contribution >= 0.6 is 0 Å². The van der Waals surface area contributed by atoms with Crippen LogP contribution in [0.3, 0.4) is 0 Å². The van der Waals surface area contributed by atoms with E-state index in [9.17, 15) is 0 Å². The number of allylic oxidation sites excluding steroid dienone is 1. The molecule has 1 aromatic carbocycles. The van der Waals surface area contributed by atoms with Crippen LogP contribution in [0.25, 0.3) is 17.0 Å². The molecule has 0 radical (unpaired) electrons. The molecule has 0 saturated carbocycles. The molecular formula is C11H10N4. The third-order valence-corrected chi connectivity index (χ3v) is 2.70. The molecule has 0 spiro atoms. The van der Waals surface area contributed by atoms with Gasteiger partial charge in [0, 0.05) is 22.2 Å². The molecule has 1 aliphatic carbocycles. The van der Waals surface area contributed by atoms with Gasteiger partial charge in [0.1, 0.15) is 5.82 Å². The molecule has 0 saturated heterocycles. The first-order valence-corrected chi connectivity index (χ1v) is 4.64. The molecule has 1 heterocycles. The molecule has 0 unspecified atom stereocenters. The second-order valence-corrected chi connectivity index (χ2v) is 3.69. The zero-order chi connectivity index (χ0) is 10.6. The molecule has 0 aliphatic heterocycles. The summed E-state index contributed by atoms with van der Waals surface area (Å²) in [6.07, 6.45) is 3.61. The van der Waals surface area contributed by atoms with Gasteiger partial charge in [-0.1, -0.05) is 6.08 Å². The van der Waals surface area contributed by atoms with Crippen LogP contribution in [-0.4, -0.2) is 10.7 Å². The number of hydrogen-bond donors (Lipinski definition) is 4. The molecule has 4 heteroatoms. The Hall–Kier alpha value is -2.23. The molecule has 0 amide bonds. The van der Waals surface area contributed by atoms with E-state index in [2.05, 4.69) is 4.98 Å². The molecule has 0 bridgehead atoms. The van der Waals surface area contributed by atoms with Crippen molar-refractivity contribution in [1.82, 2.24) is 4.98 Å². The summed E-state index contributed by atoms with van der Waals surface area (Å²) in [5.74, 6) is 0.595. The number of benzene rings is 1. The number of aromatic nitrogens is 1. The fraction of sp³-hybridized carbons (Fsp3) is 0. The highest BCUT2D eigenvalue weighted by Gasteiger charge is 2.18. The largest absolute Gasteiger partial charge is 0.398 e. The van der Waals surface area contributed by atoms with Crippen LogP contribution in [0.2, 0.25) is 0 Å². The van der Waals surface area contributed by atoms with Crippen molar-refractivity contribution in [3.63, 3.8) is 0 Å². The zero-order valence-electron chi connectivity index (χ0n) is 7.96. The molecule has 0 atom stereocenters. The third-order valence-electron chi connectivity index (χ3n) is 2.70. The first kappa shape index (κ1) is 8.11. The van der Waals surface area contributed by atoms with Gasteiger partial charge in [0.05, 0.1) is 11.2 Å². The number of nitrogens with two attached hydrogens (primary N) is 2. The van der Waals surface area contributed by atoms with Gasteiger partial charge < -0.3 is 21.9 Å². The molecule has 1 aliphatic rings. The van der Waals surface area contributed by atoms with Crippen molar-refractivity contribution in [2.24, 2.45) is 0 Å². The number of fused-ring (bicyclic) bond motifs is 3. The van der Waals surface area contributed by atoms with E-state index in [-0.39, 0.29) is 0 Å². The van der Waals surface area contributed by atoms with E-state index in [1.165, 1.54) is 0 Å². The maximum absolute atomic E-state index is 7.82. The van der Waals surface area contributed by atoms with Gasteiger partial charge in [-0.15, -0.1) is 0 Å². The van der Waals surface area contributed by atoms with Crippen molar-refractivity contribution in [2.75, 3.05) is 11.5 Å². The van der Waals surface area contributed by atoms with Gasteiger partial charge in [0.15, 0.2) is 0 Å². The van der Waals surface area contributed by atoms with E-state index >= 15 is 0 Å². The van der Waals surface area contributed by atoms with Crippen LogP contribution in [0.1, 0.15) is 11.1 Å². The Morgan fingerprint density at radius 3 is 2.73 bits per heavy atom. The standard InChI is InChI=1S/C11H10N4/c12-7-2-1-6-8(13)3-5-4-9(14)15-11(5)10(6)7/h1-4,12,15H,13-14H2. The van der Waals surface area contributed by atoms with Gasteiger partial charge in [-0.3, -0.25) is 0 Å². The lowest BCUT2D eigenvalue weighted by molar-refractivity contribution is 1.45. The predicted octanol–water partition coefficient (Wildman–Crippen LogP) is 1.73. The number of rotatable bonds is 0. The van der Waals surface area contributed by atoms with E-state index in [1.54, 1.807) is 6.08 Å². The van der Waals surface area contributed by atoms with E-state index in [1.807, 2.05) is 18.2 Å². The molecule has 15 heavy (non-hydrogen) atoms. The summed E-state index contributed by atoms with van der Waals surface area (Å²) < 4.78 is 0. The molecular weight excluding hydrogens is 188 g/mol. The topological polar surface area (TPSA) is 91.7 Å². The van der Waals surface area contributed by atoms with Gasteiger partial charge in [0.25, 0.3) is 0 Å². The van der Waals surface area contributed by atoms with E-state index in [0.717, 1.165) is 22.0 Å². The lowest BCUT2D eigenvalue weighted by Gasteiger charge is -2.04. The molecule has 0 fully saturated rings. The van der Waals surface area contributed by atoms with Crippen molar-refractivity contribution in [2.45, 2.75) is 0 Å². The van der Waals surface area contributed by atoms with Crippen LogP contribution in [0.5, 0.6) is 0 Å². The minimum atomic E-state index is 0.476. The van der Waals surface area contributed by atoms with E-state index < -0.39 is 0 Å². The Kier molecular flexibility index (Phi) is 1.31. The average Bonchev–Trinajstić information content (AvgIpc) is 2.69. The Bertz CT molecular complexity index is 619. The molecule has 2 aromatic rings. The number of anilines is 2. The van der Waals surface area contributed by atoms with Gasteiger partial charge in [-0.2, -0.15) is 0 Å². The number of nitrogens with one attached hydrogen (secondary N) is 2. The minimum absolute atomic E-state index is 0.476. The number of aromatic amines is 1. The normalized spacial score (nSPS) is 13.7. The Balaban J connectivity index is 2.52. The summed E-state index contributed by atoms with van der Waals surface area (Å²) in [4.78, 5) is 3.06. The quantitative estimate of drug-likeness (QED) is 0.485. The number of H-pyrrole nitrogens is 1. The van der Waals surface area contributed by atoms with E-state index in [4.69, 9.17) is 16.9 Å². The van der Waals surface area contributed by atoms with Gasteiger partial charge in [-0.25, -0.2) is 0 Å². The van der Waals surface area contributed by atoms with E-state index in [0.29, 0.717) is 17.2 Å². The third kappa shape index (κ3) is 0.929. The second kappa shape index (κ2) is 2.42. The smallest absolute Gasteiger partial charge is 0.101 e. The zero-order valence-corrected chi connectivity index (χ0v) is 7.96. The first-order chi connectivity index (χ1) is 7.16. The Labute approximate surface area is 86.1 Å². The number of nitrogen functional groups attached to an aromatic ring is 2. The van der Waals surface area contributed by atoms with Crippen molar-refractivity contribution in [3.05, 3.63) is 29.3 Å². The van der Waals surface area contributed by atoms with Gasteiger partial charge in [-0.05, 0) is 18.2 Å². The van der Waals surface area contributed by atoms with Crippen LogP contribution in [0.4, 0.5) is 11.5 Å². The first-order valence-electron chi connectivity index (χ1n) is 4.64. The molecule has 74 valence electrons. The second-order valence-electron chi connectivity index (χ2n) is 3.69. The van der Waals surface area contributed by atoms with Crippen molar-refractivity contribution in [1.29, 1.82) is 5.41 Å². The van der Waals surface area contributed by atoms with Crippen molar-refractivity contribution >= 4 is 34.2 Å². The molecule has 1 aromatic heterocycles. The lowest BCUT2D eigenvalue weighted by Crippen LogP contribution is -1.97. The summed E-state index contributed by atoms with van der Waals surface area (Å²) >= 11 is 0. The van der Waals surface area contributed by atoms with Gasteiger partial charge in [0.2, 0.25) is 0 Å². The monoisotopic (exact) mass is 198 g/mol. The molecule has 3 rings (SSSR count). The van der Waals surface area contributed by atoms with Crippen LogP contribution < -0.4 is 11.5 Å². The minimum Gasteiger partial charge on any atom is -0.398 e. The maximum Gasteiger partial charge on any atom is 0.101 e. The van der Waals surface area contributed by atoms with Gasteiger partial charge >= 0.3 is 0 Å². The summed E-state index contributed by atoms with van der Waals surface area (Å²) in [5, 5.41) is 8.77. The molecule has 6 N–H and O–H groups in total. The van der Waals surface area contributed by atoms with Crippen LogP contribution in [0, 0.1) is 5.41 Å². The summed E-state index contributed by atoms with van der Waals surface area (Å²) in [6.45, 7) is 0. The maximum atomic E-state index is 7.82. The highest BCUT2D eigenvalue weighted by molar-refractivity contribution is 6.23. The highest BCUT2D eigenvalue weighted by Crippen LogP contribution is 2.33. The Morgan fingerprint density at radius 2 is 1.93 bits per heavy atom. The lowest BCUT2D eigenvalue weighted by atomic mass is 10.0. The van der Waals surface area contributed by atoms with Crippen LogP contribution in [-0.2, 0) is 0 Å². The summed E-state index contributed by atoms with van der Waals surface area (Å²) in [7, 11) is 0. The van der Waals surface area contributed by atoms with Crippen molar-refractivity contribution < 1.29 is 0 Å².